The smallest absolute Gasteiger partial charge is 0.0663 e. The Hall–Kier alpha value is -0.0800. The predicted octanol–water partition coefficient (Wildman–Crippen LogP) is 1.79. The molecule has 1 saturated heterocycles. The second-order valence-corrected chi connectivity index (χ2v) is 4.80. The molecule has 0 amide bonds. The van der Waals surface area contributed by atoms with Crippen LogP contribution >= 0.6 is 0 Å². The summed E-state index contributed by atoms with van der Waals surface area (Å²) >= 11 is 0. The largest absolute Gasteiger partial charge is 0.377 e. The van der Waals surface area contributed by atoms with Crippen molar-refractivity contribution in [1.82, 2.24) is 0 Å². The Balaban J connectivity index is 2.59. The van der Waals surface area contributed by atoms with Crippen molar-refractivity contribution < 1.29 is 4.74 Å². The van der Waals surface area contributed by atoms with Gasteiger partial charge in [-0.25, -0.2) is 0 Å². The Bertz CT molecular complexity index is 139. The first-order chi connectivity index (χ1) is 5.55. The van der Waals surface area contributed by atoms with Gasteiger partial charge in [-0.05, 0) is 30.7 Å². The van der Waals surface area contributed by atoms with E-state index in [-0.39, 0.29) is 5.41 Å². The average molecular weight is 171 g/mol. The highest BCUT2D eigenvalue weighted by Crippen LogP contribution is 2.33. The monoisotopic (exact) mass is 171 g/mol. The summed E-state index contributed by atoms with van der Waals surface area (Å²) in [6, 6.07) is 0. The summed E-state index contributed by atoms with van der Waals surface area (Å²) < 4.78 is 5.77. The third-order valence-electron chi connectivity index (χ3n) is 2.60. The zero-order valence-corrected chi connectivity index (χ0v) is 8.47. The zero-order chi connectivity index (χ0) is 9.19. The third kappa shape index (κ3) is 2.20. The molecule has 2 N–H and O–H groups in total. The van der Waals surface area contributed by atoms with Gasteiger partial charge in [0.15, 0.2) is 0 Å². The fraction of sp³-hybridized carbons (Fsp3) is 1.00. The maximum Gasteiger partial charge on any atom is 0.0663 e. The average Bonchev–Trinajstić information content (AvgIpc) is 2.03. The molecule has 2 nitrogen and oxygen atoms in total. The molecule has 0 spiro atoms. The van der Waals surface area contributed by atoms with Gasteiger partial charge in [0.25, 0.3) is 0 Å². The van der Waals surface area contributed by atoms with Crippen LogP contribution in [0.3, 0.4) is 0 Å². The van der Waals surface area contributed by atoms with E-state index in [1.165, 1.54) is 12.8 Å². The maximum absolute atomic E-state index is 5.77. The number of rotatable bonds is 1. The van der Waals surface area contributed by atoms with Crippen LogP contribution < -0.4 is 5.73 Å². The van der Waals surface area contributed by atoms with Gasteiger partial charge in [0.1, 0.15) is 0 Å². The minimum Gasteiger partial charge on any atom is -0.377 e. The Morgan fingerprint density at radius 2 is 2.08 bits per heavy atom. The van der Waals surface area contributed by atoms with Crippen LogP contribution in [0.2, 0.25) is 0 Å². The number of nitrogens with two attached hydrogens (primary N) is 1. The fourth-order valence-corrected chi connectivity index (χ4v) is 2.04. The first-order valence-electron chi connectivity index (χ1n) is 4.87. The molecule has 0 bridgehead atoms. The van der Waals surface area contributed by atoms with Crippen LogP contribution in [-0.2, 0) is 4.74 Å². The molecule has 1 heterocycles. The van der Waals surface area contributed by atoms with Crippen LogP contribution in [0.25, 0.3) is 0 Å². The van der Waals surface area contributed by atoms with E-state index >= 15 is 0 Å². The molecule has 0 unspecified atom stereocenters. The quantitative estimate of drug-likeness (QED) is 0.652. The predicted molar refractivity (Wildman–Crippen MR) is 51.0 cm³/mol. The van der Waals surface area contributed by atoms with Crippen molar-refractivity contribution in [3.63, 3.8) is 0 Å². The topological polar surface area (TPSA) is 35.2 Å². The summed E-state index contributed by atoms with van der Waals surface area (Å²) in [4.78, 5) is 0. The van der Waals surface area contributed by atoms with Gasteiger partial charge in [-0.1, -0.05) is 20.8 Å². The minimum atomic E-state index is 0.241. The first-order valence-corrected chi connectivity index (χ1v) is 4.87. The molecule has 0 radical (unpaired) electrons. The molecule has 1 rings (SSSR count). The molecule has 2 heteroatoms. The van der Waals surface area contributed by atoms with Crippen LogP contribution in [0.15, 0.2) is 0 Å². The number of hydrogen-bond donors (Lipinski definition) is 1. The lowest BCUT2D eigenvalue weighted by atomic mass is 9.78. The van der Waals surface area contributed by atoms with Crippen molar-refractivity contribution in [3.8, 4) is 0 Å². The number of ether oxygens (including phenoxy) is 1. The van der Waals surface area contributed by atoms with Gasteiger partial charge in [0.2, 0.25) is 0 Å². The molecule has 0 aromatic heterocycles. The molecule has 72 valence electrons. The lowest BCUT2D eigenvalue weighted by Crippen LogP contribution is -2.43. The summed E-state index contributed by atoms with van der Waals surface area (Å²) in [6.07, 6.45) is 2.77. The van der Waals surface area contributed by atoms with E-state index in [0.29, 0.717) is 12.0 Å². The van der Waals surface area contributed by atoms with E-state index in [2.05, 4.69) is 20.8 Å². The highest BCUT2D eigenvalue weighted by Gasteiger charge is 2.34. The van der Waals surface area contributed by atoms with Crippen molar-refractivity contribution >= 4 is 0 Å². The van der Waals surface area contributed by atoms with E-state index < -0.39 is 0 Å². The van der Waals surface area contributed by atoms with Gasteiger partial charge in [-0.3, -0.25) is 0 Å². The van der Waals surface area contributed by atoms with Crippen molar-refractivity contribution in [3.05, 3.63) is 0 Å². The second kappa shape index (κ2) is 3.75. The zero-order valence-electron chi connectivity index (χ0n) is 8.47. The SMILES string of the molecule is CC(C)(C)[C@@H]1OCCC[C@H]1CN. The van der Waals surface area contributed by atoms with Gasteiger partial charge in [0, 0.05) is 6.61 Å². The van der Waals surface area contributed by atoms with E-state index in [1.54, 1.807) is 0 Å². The molecular weight excluding hydrogens is 150 g/mol. The van der Waals surface area contributed by atoms with Crippen molar-refractivity contribution in [1.29, 1.82) is 0 Å². The molecule has 2 atom stereocenters. The van der Waals surface area contributed by atoms with Crippen molar-refractivity contribution in [2.45, 2.75) is 39.7 Å². The molecular formula is C10H21NO. The van der Waals surface area contributed by atoms with E-state index in [0.717, 1.165) is 13.2 Å². The van der Waals surface area contributed by atoms with E-state index in [1.807, 2.05) is 0 Å². The maximum atomic E-state index is 5.77. The fourth-order valence-electron chi connectivity index (χ4n) is 2.04. The molecule has 1 aliphatic heterocycles. The Kier molecular flexibility index (Phi) is 3.13. The molecule has 0 aromatic rings. The molecule has 0 aromatic carbocycles. The highest BCUT2D eigenvalue weighted by atomic mass is 16.5. The standard InChI is InChI=1S/C10H21NO/c1-10(2,3)9-8(7-11)5-4-6-12-9/h8-9H,4-7,11H2,1-3H3/t8-,9+/m0/s1. The van der Waals surface area contributed by atoms with Gasteiger partial charge in [-0.15, -0.1) is 0 Å². The van der Waals surface area contributed by atoms with Crippen LogP contribution in [-0.4, -0.2) is 19.3 Å². The van der Waals surface area contributed by atoms with E-state index in [9.17, 15) is 0 Å². The Morgan fingerprint density at radius 3 is 2.50 bits per heavy atom. The van der Waals surface area contributed by atoms with Crippen molar-refractivity contribution in [2.75, 3.05) is 13.2 Å². The lowest BCUT2D eigenvalue weighted by Gasteiger charge is -2.39. The molecule has 1 aliphatic rings. The van der Waals surface area contributed by atoms with Crippen LogP contribution in [0.4, 0.5) is 0 Å². The molecule has 0 saturated carbocycles. The molecule has 12 heavy (non-hydrogen) atoms. The lowest BCUT2D eigenvalue weighted by molar-refractivity contribution is -0.0824. The normalized spacial score (nSPS) is 32.0. The third-order valence-corrected chi connectivity index (χ3v) is 2.60. The summed E-state index contributed by atoms with van der Waals surface area (Å²) in [6.45, 7) is 8.36. The van der Waals surface area contributed by atoms with E-state index in [4.69, 9.17) is 10.5 Å². The Labute approximate surface area is 75.5 Å². The van der Waals surface area contributed by atoms with Gasteiger partial charge in [-0.2, -0.15) is 0 Å². The first kappa shape index (κ1) is 10.0. The van der Waals surface area contributed by atoms with Crippen LogP contribution in [0.1, 0.15) is 33.6 Å². The van der Waals surface area contributed by atoms with Crippen LogP contribution in [0.5, 0.6) is 0 Å². The molecule has 0 aliphatic carbocycles. The summed E-state index contributed by atoms with van der Waals surface area (Å²) in [5.41, 5.74) is 5.95. The van der Waals surface area contributed by atoms with Crippen molar-refractivity contribution in [2.24, 2.45) is 17.1 Å². The van der Waals surface area contributed by atoms with Gasteiger partial charge < -0.3 is 10.5 Å². The summed E-state index contributed by atoms with van der Waals surface area (Å²) in [5, 5.41) is 0. The minimum absolute atomic E-state index is 0.241. The Morgan fingerprint density at radius 1 is 1.42 bits per heavy atom. The number of hydrogen-bond acceptors (Lipinski definition) is 2. The summed E-state index contributed by atoms with van der Waals surface area (Å²) in [5.74, 6) is 0.568. The summed E-state index contributed by atoms with van der Waals surface area (Å²) in [7, 11) is 0. The second-order valence-electron chi connectivity index (χ2n) is 4.80. The van der Waals surface area contributed by atoms with Crippen LogP contribution in [0, 0.1) is 11.3 Å². The molecule has 1 fully saturated rings. The van der Waals surface area contributed by atoms with Gasteiger partial charge in [0.05, 0.1) is 6.10 Å². The van der Waals surface area contributed by atoms with Gasteiger partial charge >= 0.3 is 0 Å². The highest BCUT2D eigenvalue weighted by molar-refractivity contribution is 4.84.